The number of rotatable bonds is 15. The van der Waals surface area contributed by atoms with Crippen molar-refractivity contribution in [1.82, 2.24) is 0 Å². The summed E-state index contributed by atoms with van der Waals surface area (Å²) in [6, 6.07) is 0. The highest BCUT2D eigenvalue weighted by Gasteiger charge is 2.34. The standard InChI is InChI=1S/C27H48O4/c1-2-3-4-5-6-7-8-9-10-11-15-21-30-26(28)23-17-16-18-24(22-23)27(29)31-25-19-13-12-14-20-25/h23-25H,2-22H2,1H3. The molecule has 2 saturated carbocycles. The first-order chi connectivity index (χ1) is 15.2. The molecule has 2 fully saturated rings. The van der Waals surface area contributed by atoms with Gasteiger partial charge in [-0.25, -0.2) is 0 Å². The molecule has 0 radical (unpaired) electrons. The Morgan fingerprint density at radius 3 is 1.81 bits per heavy atom. The molecule has 2 atom stereocenters. The minimum absolute atomic E-state index is 0.0743. The topological polar surface area (TPSA) is 52.6 Å². The van der Waals surface area contributed by atoms with Crippen LogP contribution in [-0.2, 0) is 19.1 Å². The summed E-state index contributed by atoms with van der Waals surface area (Å²) in [5.74, 6) is -0.405. The Morgan fingerprint density at radius 1 is 0.645 bits per heavy atom. The molecule has 0 aromatic heterocycles. The van der Waals surface area contributed by atoms with Gasteiger partial charge in [-0.15, -0.1) is 0 Å². The maximum absolute atomic E-state index is 12.5. The molecular weight excluding hydrogens is 388 g/mol. The molecule has 0 amide bonds. The van der Waals surface area contributed by atoms with Crippen LogP contribution in [0.4, 0.5) is 0 Å². The zero-order valence-corrected chi connectivity index (χ0v) is 20.2. The van der Waals surface area contributed by atoms with Gasteiger partial charge in [0.25, 0.3) is 0 Å². The lowest BCUT2D eigenvalue weighted by Crippen LogP contribution is -2.32. The normalized spacial score (nSPS) is 22.2. The van der Waals surface area contributed by atoms with Crippen LogP contribution in [0, 0.1) is 11.8 Å². The van der Waals surface area contributed by atoms with Crippen LogP contribution in [0.1, 0.15) is 135 Å². The van der Waals surface area contributed by atoms with Gasteiger partial charge in [0.05, 0.1) is 18.4 Å². The van der Waals surface area contributed by atoms with Crippen LogP contribution in [0.5, 0.6) is 0 Å². The first-order valence-corrected chi connectivity index (χ1v) is 13.6. The van der Waals surface area contributed by atoms with Gasteiger partial charge >= 0.3 is 11.9 Å². The molecule has 180 valence electrons. The molecule has 2 aliphatic rings. The number of carbonyl (C=O) groups excluding carboxylic acids is 2. The third-order valence-electron chi connectivity index (χ3n) is 7.17. The molecule has 2 rings (SSSR count). The van der Waals surface area contributed by atoms with Crippen molar-refractivity contribution in [3.8, 4) is 0 Å². The highest BCUT2D eigenvalue weighted by atomic mass is 16.5. The zero-order chi connectivity index (χ0) is 22.2. The molecule has 0 heterocycles. The molecule has 0 spiro atoms. The fourth-order valence-corrected chi connectivity index (χ4v) is 5.12. The minimum Gasteiger partial charge on any atom is -0.465 e. The van der Waals surface area contributed by atoms with Crippen molar-refractivity contribution in [2.75, 3.05) is 6.61 Å². The van der Waals surface area contributed by atoms with Gasteiger partial charge < -0.3 is 9.47 Å². The second-order valence-electron chi connectivity index (χ2n) is 9.96. The highest BCUT2D eigenvalue weighted by Crippen LogP contribution is 2.32. The molecule has 0 bridgehead atoms. The number of unbranched alkanes of at least 4 members (excludes halogenated alkanes) is 10. The minimum atomic E-state index is -0.120. The quantitative estimate of drug-likeness (QED) is 0.197. The van der Waals surface area contributed by atoms with E-state index in [4.69, 9.17) is 9.47 Å². The third kappa shape index (κ3) is 11.4. The summed E-state index contributed by atoms with van der Waals surface area (Å²) in [7, 11) is 0. The summed E-state index contributed by atoms with van der Waals surface area (Å²) in [4.78, 5) is 25.0. The fourth-order valence-electron chi connectivity index (χ4n) is 5.12. The maximum atomic E-state index is 12.5. The molecular formula is C27H48O4. The van der Waals surface area contributed by atoms with Crippen molar-refractivity contribution >= 4 is 11.9 Å². The Balaban J connectivity index is 1.48. The van der Waals surface area contributed by atoms with Crippen molar-refractivity contribution in [1.29, 1.82) is 0 Å². The first kappa shape index (κ1) is 26.2. The zero-order valence-electron chi connectivity index (χ0n) is 20.2. The molecule has 0 aromatic carbocycles. The van der Waals surface area contributed by atoms with Crippen molar-refractivity contribution < 1.29 is 19.1 Å². The highest BCUT2D eigenvalue weighted by molar-refractivity contribution is 5.76. The van der Waals surface area contributed by atoms with Gasteiger partial charge in [-0.3, -0.25) is 9.59 Å². The van der Waals surface area contributed by atoms with E-state index in [2.05, 4.69) is 6.92 Å². The van der Waals surface area contributed by atoms with Crippen LogP contribution in [0.2, 0.25) is 0 Å². The van der Waals surface area contributed by atoms with E-state index in [0.29, 0.717) is 13.0 Å². The predicted octanol–water partition coefficient (Wildman–Crippen LogP) is 7.52. The number of hydrogen-bond acceptors (Lipinski definition) is 4. The van der Waals surface area contributed by atoms with Gasteiger partial charge in [0.1, 0.15) is 6.10 Å². The number of carbonyl (C=O) groups is 2. The monoisotopic (exact) mass is 436 g/mol. The van der Waals surface area contributed by atoms with Crippen LogP contribution in [0.25, 0.3) is 0 Å². The molecule has 2 aliphatic carbocycles. The number of esters is 2. The summed E-state index contributed by atoms with van der Waals surface area (Å²) in [5.41, 5.74) is 0. The Hall–Kier alpha value is -1.06. The van der Waals surface area contributed by atoms with E-state index >= 15 is 0 Å². The summed E-state index contributed by atoms with van der Waals surface area (Å²) >= 11 is 0. The van der Waals surface area contributed by atoms with E-state index in [9.17, 15) is 9.59 Å². The van der Waals surface area contributed by atoms with E-state index < -0.39 is 0 Å². The largest absolute Gasteiger partial charge is 0.465 e. The van der Waals surface area contributed by atoms with Crippen LogP contribution in [0.3, 0.4) is 0 Å². The Bertz CT molecular complexity index is 484. The lowest BCUT2D eigenvalue weighted by molar-refractivity contribution is -0.159. The van der Waals surface area contributed by atoms with Gasteiger partial charge in [-0.05, 0) is 51.4 Å². The fraction of sp³-hybridized carbons (Fsp3) is 0.926. The summed E-state index contributed by atoms with van der Waals surface area (Å²) in [5, 5.41) is 0. The molecule has 4 nitrogen and oxygen atoms in total. The third-order valence-corrected chi connectivity index (χ3v) is 7.17. The van der Waals surface area contributed by atoms with Crippen LogP contribution in [-0.4, -0.2) is 24.6 Å². The summed E-state index contributed by atoms with van der Waals surface area (Å²) < 4.78 is 11.3. The second kappa shape index (κ2) is 16.6. The van der Waals surface area contributed by atoms with E-state index in [1.807, 2.05) is 0 Å². The molecule has 0 saturated heterocycles. The van der Waals surface area contributed by atoms with Crippen LogP contribution >= 0.6 is 0 Å². The predicted molar refractivity (Wildman–Crippen MR) is 126 cm³/mol. The van der Waals surface area contributed by atoms with E-state index in [0.717, 1.165) is 57.8 Å². The summed E-state index contributed by atoms with van der Waals surface area (Å²) in [6.45, 7) is 2.79. The maximum Gasteiger partial charge on any atom is 0.309 e. The van der Waals surface area contributed by atoms with E-state index in [1.165, 1.54) is 64.2 Å². The van der Waals surface area contributed by atoms with Gasteiger partial charge in [-0.1, -0.05) is 84.0 Å². The van der Waals surface area contributed by atoms with Gasteiger partial charge in [0.15, 0.2) is 0 Å². The Morgan fingerprint density at radius 2 is 1.19 bits per heavy atom. The number of hydrogen-bond donors (Lipinski definition) is 0. The number of ether oxygens (including phenoxy) is 2. The molecule has 0 aromatic rings. The van der Waals surface area contributed by atoms with Crippen LogP contribution < -0.4 is 0 Å². The Labute approximate surface area is 191 Å². The Kier molecular flexibility index (Phi) is 14.0. The molecule has 0 N–H and O–H groups in total. The van der Waals surface area contributed by atoms with Crippen LogP contribution in [0.15, 0.2) is 0 Å². The van der Waals surface area contributed by atoms with E-state index in [1.54, 1.807) is 0 Å². The lowest BCUT2D eigenvalue weighted by Gasteiger charge is -2.29. The van der Waals surface area contributed by atoms with Gasteiger partial charge in [0.2, 0.25) is 0 Å². The lowest BCUT2D eigenvalue weighted by atomic mass is 9.81. The van der Waals surface area contributed by atoms with Crippen molar-refractivity contribution in [2.45, 2.75) is 141 Å². The molecule has 4 heteroatoms. The average molecular weight is 437 g/mol. The molecule has 2 unspecified atom stereocenters. The van der Waals surface area contributed by atoms with E-state index in [-0.39, 0.29) is 29.9 Å². The van der Waals surface area contributed by atoms with Crippen molar-refractivity contribution in [3.63, 3.8) is 0 Å². The van der Waals surface area contributed by atoms with Gasteiger partial charge in [0, 0.05) is 0 Å². The van der Waals surface area contributed by atoms with Crippen molar-refractivity contribution in [2.24, 2.45) is 11.8 Å². The first-order valence-electron chi connectivity index (χ1n) is 13.6. The average Bonchev–Trinajstić information content (AvgIpc) is 2.80. The molecule has 0 aliphatic heterocycles. The SMILES string of the molecule is CCCCCCCCCCCCCOC(=O)C1CCCC(C(=O)OC2CCCCC2)C1. The van der Waals surface area contributed by atoms with Crippen molar-refractivity contribution in [3.05, 3.63) is 0 Å². The van der Waals surface area contributed by atoms with Gasteiger partial charge in [-0.2, -0.15) is 0 Å². The summed E-state index contributed by atoms with van der Waals surface area (Å²) in [6.07, 6.45) is 23.2. The molecule has 31 heavy (non-hydrogen) atoms. The smallest absolute Gasteiger partial charge is 0.309 e. The second-order valence-corrected chi connectivity index (χ2v) is 9.96.